The molecule has 1 N–H and O–H groups in total. The molecular weight excluding hydrogens is 224 g/mol. The SMILES string of the molecule is COC[C@@H](C)NC(=O)N1CCC2(C1)OCCO2. The van der Waals surface area contributed by atoms with E-state index in [1.807, 2.05) is 6.92 Å². The van der Waals surface area contributed by atoms with E-state index in [2.05, 4.69) is 5.32 Å². The van der Waals surface area contributed by atoms with Crippen LogP contribution in [-0.2, 0) is 14.2 Å². The smallest absolute Gasteiger partial charge is 0.317 e. The van der Waals surface area contributed by atoms with Gasteiger partial charge in [-0.3, -0.25) is 0 Å². The molecule has 2 amide bonds. The summed E-state index contributed by atoms with van der Waals surface area (Å²) >= 11 is 0. The largest absolute Gasteiger partial charge is 0.383 e. The summed E-state index contributed by atoms with van der Waals surface area (Å²) in [4.78, 5) is 13.7. The fraction of sp³-hybridized carbons (Fsp3) is 0.909. The number of rotatable bonds is 3. The molecule has 98 valence electrons. The molecule has 1 atom stereocenters. The number of nitrogens with one attached hydrogen (secondary N) is 1. The molecule has 0 aromatic heterocycles. The Morgan fingerprint density at radius 3 is 2.88 bits per heavy atom. The number of likely N-dealkylation sites (tertiary alicyclic amines) is 1. The number of carbonyl (C=O) groups excluding carboxylic acids is 1. The summed E-state index contributed by atoms with van der Waals surface area (Å²) in [6.45, 7) is 4.85. The maximum atomic E-state index is 11.9. The Morgan fingerprint density at radius 2 is 2.24 bits per heavy atom. The molecule has 2 heterocycles. The second-order valence-corrected chi connectivity index (χ2v) is 4.59. The molecule has 0 bridgehead atoms. The quantitative estimate of drug-likeness (QED) is 0.769. The predicted octanol–water partition coefficient (Wildman–Crippen LogP) is 0.180. The van der Waals surface area contributed by atoms with Crippen LogP contribution in [0, 0.1) is 0 Å². The molecule has 0 aromatic rings. The number of hydrogen-bond donors (Lipinski definition) is 1. The van der Waals surface area contributed by atoms with E-state index in [9.17, 15) is 4.79 Å². The van der Waals surface area contributed by atoms with Gasteiger partial charge in [0.15, 0.2) is 5.79 Å². The molecule has 2 aliphatic heterocycles. The van der Waals surface area contributed by atoms with Gasteiger partial charge in [-0.25, -0.2) is 4.79 Å². The molecule has 6 nitrogen and oxygen atoms in total. The average molecular weight is 244 g/mol. The van der Waals surface area contributed by atoms with Crippen LogP contribution in [0.4, 0.5) is 4.79 Å². The summed E-state index contributed by atoms with van der Waals surface area (Å²) in [5, 5.41) is 2.88. The third-order valence-electron chi connectivity index (χ3n) is 3.08. The molecule has 0 radical (unpaired) electrons. The first-order valence-electron chi connectivity index (χ1n) is 5.97. The van der Waals surface area contributed by atoms with Crippen molar-refractivity contribution in [3.63, 3.8) is 0 Å². The van der Waals surface area contributed by atoms with E-state index in [0.29, 0.717) is 32.9 Å². The lowest BCUT2D eigenvalue weighted by atomic mass is 10.2. The van der Waals surface area contributed by atoms with Crippen molar-refractivity contribution in [2.75, 3.05) is 40.0 Å². The number of amides is 2. The molecule has 0 saturated carbocycles. The van der Waals surface area contributed by atoms with Gasteiger partial charge in [0.2, 0.25) is 0 Å². The van der Waals surface area contributed by atoms with Gasteiger partial charge in [-0.15, -0.1) is 0 Å². The molecule has 2 aliphatic rings. The zero-order valence-corrected chi connectivity index (χ0v) is 10.4. The van der Waals surface area contributed by atoms with Crippen molar-refractivity contribution in [3.8, 4) is 0 Å². The lowest BCUT2D eigenvalue weighted by Crippen LogP contribution is -2.46. The van der Waals surface area contributed by atoms with Crippen molar-refractivity contribution in [1.82, 2.24) is 10.2 Å². The van der Waals surface area contributed by atoms with E-state index in [1.165, 1.54) is 0 Å². The predicted molar refractivity (Wildman–Crippen MR) is 60.7 cm³/mol. The number of hydrogen-bond acceptors (Lipinski definition) is 4. The van der Waals surface area contributed by atoms with Crippen molar-refractivity contribution >= 4 is 6.03 Å². The molecule has 2 fully saturated rings. The standard InChI is InChI=1S/C11H20N2O4/c1-9(7-15-2)12-10(14)13-4-3-11(8-13)16-5-6-17-11/h9H,3-8H2,1-2H3,(H,12,14)/t9-/m1/s1. The highest BCUT2D eigenvalue weighted by molar-refractivity contribution is 5.74. The fourth-order valence-corrected chi connectivity index (χ4v) is 2.25. The van der Waals surface area contributed by atoms with Gasteiger partial charge in [-0.05, 0) is 6.92 Å². The minimum atomic E-state index is -0.540. The summed E-state index contributed by atoms with van der Waals surface area (Å²) in [5.74, 6) is -0.540. The number of methoxy groups -OCH3 is 1. The molecule has 17 heavy (non-hydrogen) atoms. The molecule has 2 rings (SSSR count). The Balaban J connectivity index is 1.81. The first kappa shape index (κ1) is 12.6. The van der Waals surface area contributed by atoms with Crippen LogP contribution in [0.2, 0.25) is 0 Å². The summed E-state index contributed by atoms with van der Waals surface area (Å²) in [7, 11) is 1.62. The Hall–Kier alpha value is -0.850. The number of carbonyl (C=O) groups is 1. The van der Waals surface area contributed by atoms with Crippen molar-refractivity contribution < 1.29 is 19.0 Å². The van der Waals surface area contributed by atoms with Crippen LogP contribution in [0.5, 0.6) is 0 Å². The maximum Gasteiger partial charge on any atom is 0.317 e. The van der Waals surface area contributed by atoms with Gasteiger partial charge in [-0.1, -0.05) is 0 Å². The first-order chi connectivity index (χ1) is 8.15. The molecule has 0 aliphatic carbocycles. The van der Waals surface area contributed by atoms with E-state index in [1.54, 1.807) is 12.0 Å². The minimum Gasteiger partial charge on any atom is -0.383 e. The van der Waals surface area contributed by atoms with Crippen LogP contribution in [-0.4, -0.2) is 62.8 Å². The monoisotopic (exact) mass is 244 g/mol. The van der Waals surface area contributed by atoms with E-state index < -0.39 is 5.79 Å². The van der Waals surface area contributed by atoms with Gasteiger partial charge in [0.25, 0.3) is 0 Å². The summed E-state index contributed by atoms with van der Waals surface area (Å²) in [6.07, 6.45) is 0.749. The Bertz CT molecular complexity index is 279. The van der Waals surface area contributed by atoms with Gasteiger partial charge < -0.3 is 24.4 Å². The van der Waals surface area contributed by atoms with Crippen LogP contribution >= 0.6 is 0 Å². The Morgan fingerprint density at radius 1 is 1.53 bits per heavy atom. The summed E-state index contributed by atoms with van der Waals surface area (Å²) < 4.78 is 16.1. The zero-order valence-electron chi connectivity index (χ0n) is 10.4. The normalized spacial score (nSPS) is 24.2. The highest BCUT2D eigenvalue weighted by Gasteiger charge is 2.44. The molecular formula is C11H20N2O4. The second kappa shape index (κ2) is 5.20. The maximum absolute atomic E-state index is 11.9. The van der Waals surface area contributed by atoms with Gasteiger partial charge in [0, 0.05) is 20.1 Å². The Kier molecular flexibility index (Phi) is 3.86. The van der Waals surface area contributed by atoms with Crippen molar-refractivity contribution in [3.05, 3.63) is 0 Å². The van der Waals surface area contributed by atoms with Crippen molar-refractivity contribution in [1.29, 1.82) is 0 Å². The highest BCUT2D eigenvalue weighted by atomic mass is 16.7. The lowest BCUT2D eigenvalue weighted by molar-refractivity contribution is -0.143. The molecule has 0 aromatic carbocycles. The van der Waals surface area contributed by atoms with Crippen LogP contribution in [0.15, 0.2) is 0 Å². The van der Waals surface area contributed by atoms with Gasteiger partial charge in [0.05, 0.1) is 32.4 Å². The van der Waals surface area contributed by atoms with E-state index >= 15 is 0 Å². The molecule has 2 saturated heterocycles. The molecule has 0 unspecified atom stereocenters. The Labute approximate surface area is 101 Å². The molecule has 6 heteroatoms. The summed E-state index contributed by atoms with van der Waals surface area (Å²) in [5.41, 5.74) is 0. The van der Waals surface area contributed by atoms with Gasteiger partial charge in [0.1, 0.15) is 0 Å². The van der Waals surface area contributed by atoms with E-state index in [-0.39, 0.29) is 12.1 Å². The van der Waals surface area contributed by atoms with Crippen molar-refractivity contribution in [2.45, 2.75) is 25.2 Å². The number of nitrogens with zero attached hydrogens (tertiary/aromatic N) is 1. The van der Waals surface area contributed by atoms with Gasteiger partial charge >= 0.3 is 6.03 Å². The second-order valence-electron chi connectivity index (χ2n) is 4.59. The topological polar surface area (TPSA) is 60.0 Å². The van der Waals surface area contributed by atoms with Crippen molar-refractivity contribution in [2.24, 2.45) is 0 Å². The minimum absolute atomic E-state index is 0.00876. The van der Waals surface area contributed by atoms with Crippen LogP contribution < -0.4 is 5.32 Å². The zero-order chi connectivity index (χ0) is 12.3. The van der Waals surface area contributed by atoms with Crippen LogP contribution in [0.1, 0.15) is 13.3 Å². The van der Waals surface area contributed by atoms with Gasteiger partial charge in [-0.2, -0.15) is 0 Å². The third-order valence-corrected chi connectivity index (χ3v) is 3.08. The summed E-state index contributed by atoms with van der Waals surface area (Å²) in [6, 6.07) is -0.0695. The van der Waals surface area contributed by atoms with E-state index in [0.717, 1.165) is 6.42 Å². The first-order valence-corrected chi connectivity index (χ1v) is 5.97. The highest BCUT2D eigenvalue weighted by Crippen LogP contribution is 2.30. The number of urea groups is 1. The lowest BCUT2D eigenvalue weighted by Gasteiger charge is -2.23. The molecule has 1 spiro atoms. The number of ether oxygens (including phenoxy) is 3. The third kappa shape index (κ3) is 2.88. The van der Waals surface area contributed by atoms with Crippen LogP contribution in [0.3, 0.4) is 0 Å². The van der Waals surface area contributed by atoms with E-state index in [4.69, 9.17) is 14.2 Å². The average Bonchev–Trinajstić information content (AvgIpc) is 2.90. The fourth-order valence-electron chi connectivity index (χ4n) is 2.25. The van der Waals surface area contributed by atoms with Crippen LogP contribution in [0.25, 0.3) is 0 Å².